The average molecular weight is 553 g/mol. The highest BCUT2D eigenvalue weighted by molar-refractivity contribution is 5.96. The minimum atomic E-state index is -2.89. The van der Waals surface area contributed by atoms with Gasteiger partial charge in [-0.25, -0.2) is 9.97 Å². The third-order valence-electron chi connectivity index (χ3n) is 6.27. The van der Waals surface area contributed by atoms with E-state index >= 15 is 0 Å². The summed E-state index contributed by atoms with van der Waals surface area (Å²) < 4.78 is 35.8. The molecule has 40 heavy (non-hydrogen) atoms. The number of methoxy groups -OCH3 is 1. The van der Waals surface area contributed by atoms with Crippen LogP contribution in [0.15, 0.2) is 61.1 Å². The van der Waals surface area contributed by atoms with E-state index in [1.165, 1.54) is 19.2 Å². The molecule has 10 nitrogen and oxygen atoms in total. The molecule has 1 atom stereocenters. The van der Waals surface area contributed by atoms with Crippen LogP contribution in [0.5, 0.6) is 5.75 Å². The average Bonchev–Trinajstić information content (AvgIpc) is 3.37. The van der Waals surface area contributed by atoms with E-state index in [1.807, 2.05) is 17.4 Å². The first-order chi connectivity index (χ1) is 19.3. The number of benzene rings is 2. The van der Waals surface area contributed by atoms with Gasteiger partial charge in [-0.2, -0.15) is 8.78 Å². The topological polar surface area (TPSA) is 133 Å². The molecule has 210 valence electrons. The summed E-state index contributed by atoms with van der Waals surface area (Å²) in [5.74, 6) is -0.0510. The number of carbonyl (C=O) groups excluding carboxylic acids is 2. The number of anilines is 2. The third-order valence-corrected chi connectivity index (χ3v) is 6.27. The first-order valence-electron chi connectivity index (χ1n) is 12.6. The largest absolute Gasteiger partial charge is 0.468 e. The molecule has 0 saturated heterocycles. The molecular weight excluding hydrogens is 522 g/mol. The molecule has 0 bridgehead atoms. The van der Waals surface area contributed by atoms with Gasteiger partial charge in [0, 0.05) is 35.8 Å². The number of carbonyl (C=O) groups is 2. The number of halogens is 2. The lowest BCUT2D eigenvalue weighted by Crippen LogP contribution is -2.31. The van der Waals surface area contributed by atoms with Crippen LogP contribution in [0.2, 0.25) is 0 Å². The number of rotatable bonds is 12. The Morgan fingerprint density at radius 2 is 1.88 bits per heavy atom. The molecule has 2 aromatic heterocycles. The van der Waals surface area contributed by atoms with E-state index in [-0.39, 0.29) is 11.7 Å². The molecule has 0 spiro atoms. The summed E-state index contributed by atoms with van der Waals surface area (Å²) in [5.41, 5.74) is 9.86. The number of hydrogen-bond donors (Lipinski definition) is 3. The minimum absolute atomic E-state index is 0.0736. The van der Waals surface area contributed by atoms with Gasteiger partial charge in [0.2, 0.25) is 0 Å². The Morgan fingerprint density at radius 3 is 2.58 bits per heavy atom. The monoisotopic (exact) mass is 552 g/mol. The molecule has 0 unspecified atom stereocenters. The van der Waals surface area contributed by atoms with Crippen LogP contribution in [0, 0.1) is 6.92 Å². The van der Waals surface area contributed by atoms with E-state index in [1.54, 1.807) is 42.9 Å². The van der Waals surface area contributed by atoms with E-state index < -0.39 is 18.6 Å². The normalized spacial score (nSPS) is 11.8. The van der Waals surface area contributed by atoms with Crippen molar-refractivity contribution in [1.29, 1.82) is 0 Å². The molecule has 4 aromatic rings. The van der Waals surface area contributed by atoms with Crippen molar-refractivity contribution >= 4 is 29.0 Å². The van der Waals surface area contributed by atoms with E-state index in [2.05, 4.69) is 30.1 Å². The summed E-state index contributed by atoms with van der Waals surface area (Å²) in [6, 6.07) is 11.0. The van der Waals surface area contributed by atoms with Gasteiger partial charge in [0.05, 0.1) is 19.0 Å². The Hall–Kier alpha value is -4.58. The molecule has 2 heterocycles. The Balaban J connectivity index is 1.39. The molecule has 0 fully saturated rings. The molecule has 0 aliphatic carbocycles. The lowest BCUT2D eigenvalue weighted by Gasteiger charge is -2.12. The molecule has 12 heteroatoms. The number of imidazole rings is 1. The lowest BCUT2D eigenvalue weighted by atomic mass is 10.1. The van der Waals surface area contributed by atoms with Crippen LogP contribution in [-0.2, 0) is 9.53 Å². The highest BCUT2D eigenvalue weighted by Gasteiger charge is 2.15. The predicted octanol–water partition coefficient (Wildman–Crippen LogP) is 4.45. The van der Waals surface area contributed by atoms with E-state index in [0.29, 0.717) is 42.8 Å². The fourth-order valence-electron chi connectivity index (χ4n) is 4.22. The van der Waals surface area contributed by atoms with Crippen molar-refractivity contribution < 1.29 is 27.8 Å². The number of fused-ring (bicyclic) bond motifs is 1. The molecule has 0 aliphatic rings. The zero-order chi connectivity index (χ0) is 28.6. The predicted molar refractivity (Wildman–Crippen MR) is 146 cm³/mol. The van der Waals surface area contributed by atoms with Gasteiger partial charge < -0.3 is 25.8 Å². The van der Waals surface area contributed by atoms with Gasteiger partial charge in [0.25, 0.3) is 5.91 Å². The molecule has 0 saturated carbocycles. The van der Waals surface area contributed by atoms with Crippen LogP contribution in [-0.4, -0.2) is 52.6 Å². The summed E-state index contributed by atoms with van der Waals surface area (Å²) >= 11 is 0. The van der Waals surface area contributed by atoms with Crippen LogP contribution >= 0.6 is 0 Å². The molecule has 0 radical (unpaired) electrons. The Bertz CT molecular complexity index is 1480. The maximum atomic E-state index is 12.7. The van der Waals surface area contributed by atoms with E-state index in [9.17, 15) is 18.4 Å². The third kappa shape index (κ3) is 6.89. The van der Waals surface area contributed by atoms with E-state index in [4.69, 9.17) is 5.73 Å². The SMILES string of the molecule is COC(=O)[C@@H](N)CCCCNC(=O)c1ccc(Nc2nccn3c(-c4ccc(OC(F)F)cc4)cnc23)cc1C. The fraction of sp³-hybridized carbons (Fsp3) is 0.286. The van der Waals surface area contributed by atoms with Crippen molar-refractivity contribution in [2.75, 3.05) is 19.0 Å². The number of amides is 1. The maximum Gasteiger partial charge on any atom is 0.387 e. The Morgan fingerprint density at radius 1 is 1.10 bits per heavy atom. The zero-order valence-corrected chi connectivity index (χ0v) is 22.1. The molecule has 4 N–H and O–H groups in total. The molecular formula is C28H30F2N6O4. The highest BCUT2D eigenvalue weighted by Crippen LogP contribution is 2.27. The number of esters is 1. The fourth-order valence-corrected chi connectivity index (χ4v) is 4.22. The maximum absolute atomic E-state index is 12.7. The quantitative estimate of drug-likeness (QED) is 0.173. The van der Waals surface area contributed by atoms with Gasteiger partial charge in [0.15, 0.2) is 11.5 Å². The minimum Gasteiger partial charge on any atom is -0.468 e. The zero-order valence-electron chi connectivity index (χ0n) is 22.1. The summed E-state index contributed by atoms with van der Waals surface area (Å²) in [6.07, 6.45) is 6.92. The van der Waals surface area contributed by atoms with Crippen molar-refractivity contribution in [3.05, 3.63) is 72.2 Å². The van der Waals surface area contributed by atoms with Gasteiger partial charge >= 0.3 is 12.6 Å². The van der Waals surface area contributed by atoms with Gasteiger partial charge in [-0.3, -0.25) is 14.0 Å². The van der Waals surface area contributed by atoms with Gasteiger partial charge in [-0.05, 0) is 74.2 Å². The van der Waals surface area contributed by atoms with Crippen molar-refractivity contribution in [2.24, 2.45) is 5.73 Å². The van der Waals surface area contributed by atoms with Crippen molar-refractivity contribution in [3.63, 3.8) is 0 Å². The van der Waals surface area contributed by atoms with Gasteiger partial charge in [0.1, 0.15) is 11.8 Å². The molecule has 0 aliphatic heterocycles. The van der Waals surface area contributed by atoms with Crippen LogP contribution in [0.25, 0.3) is 16.9 Å². The van der Waals surface area contributed by atoms with Crippen molar-refractivity contribution in [3.8, 4) is 17.0 Å². The van der Waals surface area contributed by atoms with Crippen LogP contribution in [0.4, 0.5) is 20.3 Å². The highest BCUT2D eigenvalue weighted by atomic mass is 19.3. The summed E-state index contributed by atoms with van der Waals surface area (Å²) in [6.45, 7) is -0.579. The smallest absolute Gasteiger partial charge is 0.387 e. The number of nitrogens with two attached hydrogens (primary N) is 1. The molecule has 4 rings (SSSR count). The first-order valence-corrected chi connectivity index (χ1v) is 12.6. The van der Waals surface area contributed by atoms with E-state index in [0.717, 1.165) is 22.5 Å². The van der Waals surface area contributed by atoms with Crippen LogP contribution in [0.1, 0.15) is 35.2 Å². The standard InChI is InChI=1S/C28H30F2N6O4/c1-17-15-19(8-11-21(17)26(37)33-12-4-3-5-22(31)27(38)39-2)35-24-25-34-16-23(36(25)14-13-32-24)18-6-9-20(10-7-18)40-28(29)30/h6-11,13-16,22,28H,3-5,12,31H2,1-2H3,(H,32,35)(H,33,37)/t22-/m0/s1. The second kappa shape index (κ2) is 13.0. The first kappa shape index (κ1) is 28.4. The van der Waals surface area contributed by atoms with Crippen molar-refractivity contribution in [2.45, 2.75) is 38.8 Å². The number of nitrogens with one attached hydrogen (secondary N) is 2. The lowest BCUT2D eigenvalue weighted by molar-refractivity contribution is -0.142. The Kier molecular flexibility index (Phi) is 9.23. The summed E-state index contributed by atoms with van der Waals surface area (Å²) in [4.78, 5) is 32.9. The second-order valence-corrected chi connectivity index (χ2v) is 9.05. The number of hydrogen-bond acceptors (Lipinski definition) is 8. The molecule has 1 amide bonds. The summed E-state index contributed by atoms with van der Waals surface area (Å²) in [5, 5.41) is 6.15. The second-order valence-electron chi connectivity index (χ2n) is 9.05. The summed E-state index contributed by atoms with van der Waals surface area (Å²) in [7, 11) is 1.30. The number of unbranched alkanes of at least 4 members (excludes halogenated alkanes) is 1. The number of alkyl halides is 2. The number of aryl methyl sites for hydroxylation is 1. The van der Waals surface area contributed by atoms with Crippen LogP contribution < -0.4 is 21.1 Å². The number of aromatic nitrogens is 3. The Labute approximate surface area is 229 Å². The molecule has 2 aromatic carbocycles. The van der Waals surface area contributed by atoms with Crippen LogP contribution in [0.3, 0.4) is 0 Å². The van der Waals surface area contributed by atoms with Gasteiger partial charge in [-0.1, -0.05) is 0 Å². The van der Waals surface area contributed by atoms with Gasteiger partial charge in [-0.15, -0.1) is 0 Å². The number of ether oxygens (including phenoxy) is 2. The van der Waals surface area contributed by atoms with Crippen molar-refractivity contribution in [1.82, 2.24) is 19.7 Å². The number of nitrogens with zero attached hydrogens (tertiary/aromatic N) is 3.